The van der Waals surface area contributed by atoms with Crippen molar-refractivity contribution in [2.24, 2.45) is 0 Å². The molecule has 1 saturated heterocycles. The van der Waals surface area contributed by atoms with E-state index in [2.05, 4.69) is 15.5 Å². The van der Waals surface area contributed by atoms with Crippen molar-refractivity contribution in [1.82, 2.24) is 15.5 Å². The Morgan fingerprint density at radius 3 is 2.80 bits per heavy atom. The van der Waals surface area contributed by atoms with E-state index >= 15 is 0 Å². The molecule has 1 aliphatic carbocycles. The minimum atomic E-state index is 0.203. The van der Waals surface area contributed by atoms with Gasteiger partial charge in [0.15, 0.2) is 0 Å². The topological polar surface area (TPSA) is 44.4 Å². The molecule has 2 fully saturated rings. The van der Waals surface area contributed by atoms with E-state index in [0.29, 0.717) is 18.6 Å². The van der Waals surface area contributed by atoms with E-state index in [-0.39, 0.29) is 5.91 Å². The van der Waals surface area contributed by atoms with E-state index in [1.807, 2.05) is 7.05 Å². The summed E-state index contributed by atoms with van der Waals surface area (Å²) in [5, 5.41) is 6.32. The molecule has 2 rings (SSSR count). The summed E-state index contributed by atoms with van der Waals surface area (Å²) < 4.78 is 0. The first-order valence-electron chi connectivity index (χ1n) is 5.97. The average molecular weight is 211 g/mol. The number of carbonyl (C=O) groups excluding carboxylic acids is 1. The van der Waals surface area contributed by atoms with Crippen molar-refractivity contribution in [2.45, 2.75) is 37.8 Å². The Morgan fingerprint density at radius 2 is 2.13 bits per heavy atom. The summed E-state index contributed by atoms with van der Waals surface area (Å²) in [6.07, 6.45) is 4.77. The fourth-order valence-electron chi connectivity index (χ4n) is 2.14. The van der Waals surface area contributed by atoms with Crippen LogP contribution in [0.4, 0.5) is 0 Å². The third kappa shape index (κ3) is 3.47. The Balaban J connectivity index is 1.70. The first-order valence-corrected chi connectivity index (χ1v) is 5.97. The van der Waals surface area contributed by atoms with Crippen molar-refractivity contribution in [3.63, 3.8) is 0 Å². The molecule has 2 aliphatic rings. The van der Waals surface area contributed by atoms with Crippen LogP contribution in [-0.2, 0) is 4.79 Å². The van der Waals surface area contributed by atoms with Crippen molar-refractivity contribution >= 4 is 5.91 Å². The molecule has 1 unspecified atom stereocenters. The number of likely N-dealkylation sites (tertiary alicyclic amines) is 1. The molecule has 0 bridgehead atoms. The highest BCUT2D eigenvalue weighted by atomic mass is 16.2. The molecule has 4 heteroatoms. The number of likely N-dealkylation sites (N-methyl/N-ethyl adjacent to an activating group) is 1. The number of carbonyl (C=O) groups is 1. The molecule has 1 saturated carbocycles. The third-order valence-corrected chi connectivity index (χ3v) is 3.22. The molecule has 86 valence electrons. The van der Waals surface area contributed by atoms with Crippen molar-refractivity contribution in [1.29, 1.82) is 0 Å². The predicted octanol–water partition coefficient (Wildman–Crippen LogP) is -0.0512. The summed E-state index contributed by atoms with van der Waals surface area (Å²) in [6.45, 7) is 2.65. The van der Waals surface area contributed by atoms with E-state index in [1.54, 1.807) is 0 Å². The maximum atomic E-state index is 11.6. The Hall–Kier alpha value is -0.610. The fraction of sp³-hybridized carbons (Fsp3) is 0.909. The Kier molecular flexibility index (Phi) is 3.59. The van der Waals surface area contributed by atoms with Gasteiger partial charge in [0.1, 0.15) is 0 Å². The van der Waals surface area contributed by atoms with Crippen LogP contribution in [0.15, 0.2) is 0 Å². The second-order valence-electron chi connectivity index (χ2n) is 4.70. The first kappa shape index (κ1) is 10.9. The zero-order chi connectivity index (χ0) is 10.7. The zero-order valence-electron chi connectivity index (χ0n) is 9.46. The van der Waals surface area contributed by atoms with E-state index < -0.39 is 0 Å². The van der Waals surface area contributed by atoms with Crippen LogP contribution in [0.1, 0.15) is 25.7 Å². The van der Waals surface area contributed by atoms with Gasteiger partial charge in [-0.15, -0.1) is 0 Å². The van der Waals surface area contributed by atoms with E-state index in [0.717, 1.165) is 13.1 Å². The van der Waals surface area contributed by atoms with Gasteiger partial charge >= 0.3 is 0 Å². The van der Waals surface area contributed by atoms with Gasteiger partial charge in [-0.1, -0.05) is 0 Å². The molecular formula is C11H21N3O. The summed E-state index contributed by atoms with van der Waals surface area (Å²) in [5.41, 5.74) is 0. The molecule has 0 radical (unpaired) electrons. The van der Waals surface area contributed by atoms with Crippen LogP contribution in [0.25, 0.3) is 0 Å². The van der Waals surface area contributed by atoms with Gasteiger partial charge in [-0.05, 0) is 39.3 Å². The summed E-state index contributed by atoms with van der Waals surface area (Å²) in [4.78, 5) is 13.8. The van der Waals surface area contributed by atoms with Gasteiger partial charge in [0.25, 0.3) is 0 Å². The number of nitrogens with zero attached hydrogens (tertiary/aromatic N) is 1. The lowest BCUT2D eigenvalue weighted by molar-refractivity contribution is -0.122. The lowest BCUT2D eigenvalue weighted by atomic mass is 10.1. The average Bonchev–Trinajstić information content (AvgIpc) is 3.02. The van der Waals surface area contributed by atoms with Crippen LogP contribution in [-0.4, -0.2) is 49.6 Å². The van der Waals surface area contributed by atoms with E-state index in [9.17, 15) is 4.79 Å². The molecule has 0 aromatic carbocycles. The van der Waals surface area contributed by atoms with Crippen LogP contribution in [0.5, 0.6) is 0 Å². The lowest BCUT2D eigenvalue weighted by Gasteiger charge is -2.31. The third-order valence-electron chi connectivity index (χ3n) is 3.22. The number of piperidine rings is 1. The molecule has 0 spiro atoms. The summed E-state index contributed by atoms with van der Waals surface area (Å²) in [5.74, 6) is 0.203. The second kappa shape index (κ2) is 4.94. The standard InChI is InChI=1S/C11H21N3O/c1-12-10-3-2-6-14(7-10)8-11(15)13-9-4-5-9/h9-10,12H,2-8H2,1H3,(H,13,15). The van der Waals surface area contributed by atoms with Crippen LogP contribution < -0.4 is 10.6 Å². The van der Waals surface area contributed by atoms with Gasteiger partial charge in [-0.3, -0.25) is 9.69 Å². The maximum absolute atomic E-state index is 11.6. The SMILES string of the molecule is CNC1CCCN(CC(=O)NC2CC2)C1. The molecule has 1 heterocycles. The van der Waals surface area contributed by atoms with Crippen LogP contribution in [0.3, 0.4) is 0 Å². The van der Waals surface area contributed by atoms with Gasteiger partial charge in [0, 0.05) is 18.6 Å². The molecule has 1 atom stereocenters. The summed E-state index contributed by atoms with van der Waals surface area (Å²) in [7, 11) is 2.00. The normalized spacial score (nSPS) is 27.7. The fourth-order valence-corrected chi connectivity index (χ4v) is 2.14. The number of nitrogens with one attached hydrogen (secondary N) is 2. The smallest absolute Gasteiger partial charge is 0.234 e. The maximum Gasteiger partial charge on any atom is 0.234 e. The minimum absolute atomic E-state index is 0.203. The molecule has 0 aromatic rings. The highest BCUT2D eigenvalue weighted by molar-refractivity contribution is 5.78. The number of hydrogen-bond acceptors (Lipinski definition) is 3. The van der Waals surface area contributed by atoms with Gasteiger partial charge in [0.2, 0.25) is 5.91 Å². The van der Waals surface area contributed by atoms with E-state index in [1.165, 1.54) is 25.7 Å². The van der Waals surface area contributed by atoms with Crippen molar-refractivity contribution in [2.75, 3.05) is 26.7 Å². The highest BCUT2D eigenvalue weighted by Crippen LogP contribution is 2.18. The van der Waals surface area contributed by atoms with Gasteiger partial charge in [-0.25, -0.2) is 0 Å². The van der Waals surface area contributed by atoms with Crippen LogP contribution in [0, 0.1) is 0 Å². The predicted molar refractivity (Wildman–Crippen MR) is 59.7 cm³/mol. The Bertz CT molecular complexity index is 228. The number of rotatable bonds is 4. The molecule has 4 nitrogen and oxygen atoms in total. The summed E-state index contributed by atoms with van der Waals surface area (Å²) >= 11 is 0. The molecule has 15 heavy (non-hydrogen) atoms. The quantitative estimate of drug-likeness (QED) is 0.685. The largest absolute Gasteiger partial charge is 0.352 e. The van der Waals surface area contributed by atoms with Gasteiger partial charge < -0.3 is 10.6 Å². The Labute approximate surface area is 91.4 Å². The van der Waals surface area contributed by atoms with Crippen molar-refractivity contribution < 1.29 is 4.79 Å². The van der Waals surface area contributed by atoms with Crippen molar-refractivity contribution in [3.8, 4) is 0 Å². The molecule has 1 aliphatic heterocycles. The number of hydrogen-bond donors (Lipinski definition) is 2. The first-order chi connectivity index (χ1) is 7.28. The van der Waals surface area contributed by atoms with Crippen molar-refractivity contribution in [3.05, 3.63) is 0 Å². The minimum Gasteiger partial charge on any atom is -0.352 e. The molecule has 0 aromatic heterocycles. The zero-order valence-corrected chi connectivity index (χ0v) is 9.46. The number of amides is 1. The second-order valence-corrected chi connectivity index (χ2v) is 4.70. The van der Waals surface area contributed by atoms with E-state index in [4.69, 9.17) is 0 Å². The van der Waals surface area contributed by atoms with Gasteiger partial charge in [0.05, 0.1) is 6.54 Å². The lowest BCUT2D eigenvalue weighted by Crippen LogP contribution is -2.48. The van der Waals surface area contributed by atoms with Crippen LogP contribution in [0.2, 0.25) is 0 Å². The van der Waals surface area contributed by atoms with Gasteiger partial charge in [-0.2, -0.15) is 0 Å². The molecule has 1 amide bonds. The van der Waals surface area contributed by atoms with Crippen LogP contribution >= 0.6 is 0 Å². The molecular weight excluding hydrogens is 190 g/mol. The monoisotopic (exact) mass is 211 g/mol. The summed E-state index contributed by atoms with van der Waals surface area (Å²) in [6, 6.07) is 1.05. The molecule has 2 N–H and O–H groups in total. The highest BCUT2D eigenvalue weighted by Gasteiger charge is 2.25. The Morgan fingerprint density at radius 1 is 1.33 bits per heavy atom.